The normalized spacial score (nSPS) is 10.9. The Bertz CT molecular complexity index is 1080. The van der Waals surface area contributed by atoms with Gasteiger partial charge in [-0.25, -0.2) is 9.37 Å². The minimum Gasteiger partial charge on any atom is -0.348 e. The van der Waals surface area contributed by atoms with E-state index < -0.39 is 11.7 Å². The zero-order chi connectivity index (χ0) is 18.6. The number of carbonyl (C=O) groups is 1. The molecular formula is C21H16FN3OS. The van der Waals surface area contributed by atoms with Crippen LogP contribution in [0.1, 0.15) is 15.9 Å². The number of rotatable bonds is 5. The minimum absolute atomic E-state index is 0.00847. The number of aromatic nitrogens is 2. The molecule has 1 aromatic heterocycles. The Morgan fingerprint density at radius 3 is 2.52 bits per heavy atom. The van der Waals surface area contributed by atoms with E-state index in [4.69, 9.17) is 0 Å². The first-order valence-corrected chi connectivity index (χ1v) is 9.24. The smallest absolute Gasteiger partial charge is 0.254 e. The van der Waals surface area contributed by atoms with Crippen LogP contribution in [0.3, 0.4) is 0 Å². The van der Waals surface area contributed by atoms with Crippen LogP contribution in [-0.4, -0.2) is 15.9 Å². The molecule has 0 spiro atoms. The molecule has 0 saturated heterocycles. The minimum atomic E-state index is -0.610. The molecule has 27 heavy (non-hydrogen) atoms. The number of nitrogens with zero attached hydrogens (tertiary/aromatic N) is 1. The van der Waals surface area contributed by atoms with Gasteiger partial charge in [0.15, 0.2) is 5.82 Å². The van der Waals surface area contributed by atoms with Crippen LogP contribution in [-0.2, 0) is 6.54 Å². The predicted molar refractivity (Wildman–Crippen MR) is 104 cm³/mol. The second kappa shape index (κ2) is 7.63. The molecule has 0 unspecified atom stereocenters. The van der Waals surface area contributed by atoms with Crippen molar-refractivity contribution in [2.24, 2.45) is 0 Å². The molecular weight excluding hydrogens is 361 g/mol. The topological polar surface area (TPSA) is 57.8 Å². The number of hydrogen-bond donors (Lipinski definition) is 2. The van der Waals surface area contributed by atoms with Crippen molar-refractivity contribution in [2.45, 2.75) is 16.3 Å². The molecule has 0 aliphatic heterocycles. The molecule has 4 aromatic rings. The maximum absolute atomic E-state index is 14.4. The van der Waals surface area contributed by atoms with Crippen molar-refractivity contribution in [1.29, 1.82) is 0 Å². The highest BCUT2D eigenvalue weighted by atomic mass is 32.2. The first-order valence-electron chi connectivity index (χ1n) is 8.42. The van der Waals surface area contributed by atoms with Gasteiger partial charge in [0, 0.05) is 16.3 Å². The highest BCUT2D eigenvalue weighted by molar-refractivity contribution is 7.99. The van der Waals surface area contributed by atoms with Crippen LogP contribution in [0.25, 0.3) is 11.0 Å². The van der Waals surface area contributed by atoms with Crippen molar-refractivity contribution in [1.82, 2.24) is 15.3 Å². The van der Waals surface area contributed by atoms with Gasteiger partial charge in [0.1, 0.15) is 5.52 Å². The lowest BCUT2D eigenvalue weighted by Gasteiger charge is -2.08. The van der Waals surface area contributed by atoms with Gasteiger partial charge < -0.3 is 10.3 Å². The highest BCUT2D eigenvalue weighted by Gasteiger charge is 2.15. The van der Waals surface area contributed by atoms with Crippen LogP contribution in [0.4, 0.5) is 4.39 Å². The lowest BCUT2D eigenvalue weighted by atomic mass is 10.1. The quantitative estimate of drug-likeness (QED) is 0.526. The Balaban J connectivity index is 1.40. The summed E-state index contributed by atoms with van der Waals surface area (Å²) in [4.78, 5) is 21.3. The summed E-state index contributed by atoms with van der Waals surface area (Å²) in [5, 5.41) is 2.76. The summed E-state index contributed by atoms with van der Waals surface area (Å²) in [7, 11) is 0. The molecule has 3 aromatic carbocycles. The summed E-state index contributed by atoms with van der Waals surface area (Å²) in [6.45, 7) is 0.327. The van der Waals surface area contributed by atoms with Crippen molar-refractivity contribution in [3.8, 4) is 0 Å². The van der Waals surface area contributed by atoms with Crippen molar-refractivity contribution in [2.75, 3.05) is 0 Å². The van der Waals surface area contributed by atoms with E-state index in [2.05, 4.69) is 27.4 Å². The number of nitrogens with one attached hydrogen (secondary N) is 2. The molecule has 134 valence electrons. The largest absolute Gasteiger partial charge is 0.348 e. The Morgan fingerprint density at radius 1 is 1.00 bits per heavy atom. The number of imidazole rings is 1. The summed E-state index contributed by atoms with van der Waals surface area (Å²) in [6.07, 6.45) is 1.41. The molecule has 0 aliphatic carbocycles. The summed E-state index contributed by atoms with van der Waals surface area (Å²) in [6, 6.07) is 21.2. The van der Waals surface area contributed by atoms with Crippen molar-refractivity contribution in [3.63, 3.8) is 0 Å². The monoisotopic (exact) mass is 377 g/mol. The van der Waals surface area contributed by atoms with Gasteiger partial charge in [-0.15, -0.1) is 0 Å². The van der Waals surface area contributed by atoms with E-state index in [-0.39, 0.29) is 11.1 Å². The molecule has 1 amide bonds. The van der Waals surface area contributed by atoms with Gasteiger partial charge in [-0.05, 0) is 42.0 Å². The molecule has 6 heteroatoms. The lowest BCUT2D eigenvalue weighted by molar-refractivity contribution is 0.0947. The van der Waals surface area contributed by atoms with Gasteiger partial charge in [-0.3, -0.25) is 4.79 Å². The standard InChI is InChI=1S/C21H16FN3OS/c22-19-17(10-11-18-20(19)25-13-24-18)21(26)23-12-14-6-8-16(9-7-14)27-15-4-2-1-3-5-15/h1-11,13H,12H2,(H,23,26)(H,24,25). The van der Waals surface area contributed by atoms with Crippen LogP contribution in [0, 0.1) is 5.82 Å². The third-order valence-electron chi connectivity index (χ3n) is 4.13. The summed E-state index contributed by atoms with van der Waals surface area (Å²) >= 11 is 1.67. The van der Waals surface area contributed by atoms with Gasteiger partial charge in [0.05, 0.1) is 17.4 Å². The second-order valence-electron chi connectivity index (χ2n) is 5.97. The third-order valence-corrected chi connectivity index (χ3v) is 5.15. The fraction of sp³-hybridized carbons (Fsp3) is 0.0476. The lowest BCUT2D eigenvalue weighted by Crippen LogP contribution is -2.23. The van der Waals surface area contributed by atoms with Gasteiger partial charge in [0.2, 0.25) is 0 Å². The van der Waals surface area contributed by atoms with Crippen LogP contribution >= 0.6 is 11.8 Å². The highest BCUT2D eigenvalue weighted by Crippen LogP contribution is 2.27. The van der Waals surface area contributed by atoms with Crippen LogP contribution < -0.4 is 5.32 Å². The predicted octanol–water partition coefficient (Wildman–Crippen LogP) is 4.78. The second-order valence-corrected chi connectivity index (χ2v) is 7.11. The molecule has 4 nitrogen and oxygen atoms in total. The van der Waals surface area contributed by atoms with Gasteiger partial charge in [-0.1, -0.05) is 42.1 Å². The van der Waals surface area contributed by atoms with Crippen LogP contribution in [0.2, 0.25) is 0 Å². The Kier molecular flexibility index (Phi) is 4.89. The van der Waals surface area contributed by atoms with Crippen LogP contribution in [0.15, 0.2) is 82.8 Å². The molecule has 0 saturated carbocycles. The van der Waals surface area contributed by atoms with E-state index in [1.54, 1.807) is 17.8 Å². The molecule has 0 radical (unpaired) electrons. The molecule has 4 rings (SSSR count). The van der Waals surface area contributed by atoms with E-state index in [1.807, 2.05) is 42.5 Å². The molecule has 2 N–H and O–H groups in total. The maximum Gasteiger partial charge on any atom is 0.254 e. The fourth-order valence-electron chi connectivity index (χ4n) is 2.73. The maximum atomic E-state index is 14.4. The number of fused-ring (bicyclic) bond motifs is 1. The van der Waals surface area contributed by atoms with Gasteiger partial charge in [-0.2, -0.15) is 0 Å². The number of H-pyrrole nitrogens is 1. The molecule has 0 atom stereocenters. The van der Waals surface area contributed by atoms with E-state index in [0.29, 0.717) is 12.1 Å². The number of amides is 1. The average Bonchev–Trinajstić information content (AvgIpc) is 3.18. The zero-order valence-corrected chi connectivity index (χ0v) is 15.1. The van der Waals surface area contributed by atoms with Crippen molar-refractivity contribution < 1.29 is 9.18 Å². The van der Waals surface area contributed by atoms with Gasteiger partial charge >= 0.3 is 0 Å². The number of aromatic amines is 1. The fourth-order valence-corrected chi connectivity index (χ4v) is 3.56. The van der Waals surface area contributed by atoms with E-state index in [0.717, 1.165) is 10.5 Å². The Hall–Kier alpha value is -3.12. The van der Waals surface area contributed by atoms with Crippen molar-refractivity contribution in [3.05, 3.63) is 90.0 Å². The van der Waals surface area contributed by atoms with Crippen molar-refractivity contribution >= 4 is 28.7 Å². The van der Waals surface area contributed by atoms with E-state index >= 15 is 0 Å². The molecule has 0 fully saturated rings. The molecule has 1 heterocycles. The summed E-state index contributed by atoms with van der Waals surface area (Å²) < 4.78 is 14.4. The average molecular weight is 377 g/mol. The molecule has 0 bridgehead atoms. The number of hydrogen-bond acceptors (Lipinski definition) is 3. The van der Waals surface area contributed by atoms with E-state index in [9.17, 15) is 9.18 Å². The summed E-state index contributed by atoms with van der Waals surface area (Å²) in [5.74, 6) is -1.07. The SMILES string of the molecule is O=C(NCc1ccc(Sc2ccccc2)cc1)c1ccc2[nH]cnc2c1F. The first kappa shape index (κ1) is 17.3. The van der Waals surface area contributed by atoms with Crippen LogP contribution in [0.5, 0.6) is 0 Å². The Labute approximate surface area is 159 Å². The Morgan fingerprint density at radius 2 is 1.74 bits per heavy atom. The number of carbonyl (C=O) groups excluding carboxylic acids is 1. The van der Waals surface area contributed by atoms with E-state index in [1.165, 1.54) is 17.3 Å². The number of benzene rings is 3. The summed E-state index contributed by atoms with van der Waals surface area (Å²) in [5.41, 5.74) is 1.67. The molecule has 0 aliphatic rings. The zero-order valence-electron chi connectivity index (χ0n) is 14.3. The first-order chi connectivity index (χ1) is 13.2. The van der Waals surface area contributed by atoms with Gasteiger partial charge in [0.25, 0.3) is 5.91 Å². The number of halogens is 1. The third kappa shape index (κ3) is 3.85.